The SMILES string of the molecule is CC(=O)NNC(=O)CN1CCCc2c(N)cccc21. The number of hydrazine groups is 1. The van der Waals surface area contributed by atoms with Gasteiger partial charge in [-0.25, -0.2) is 0 Å². The lowest BCUT2D eigenvalue weighted by molar-refractivity contribution is -0.127. The van der Waals surface area contributed by atoms with E-state index in [2.05, 4.69) is 10.9 Å². The van der Waals surface area contributed by atoms with Crippen molar-refractivity contribution in [1.29, 1.82) is 0 Å². The first-order chi connectivity index (χ1) is 9.08. The Kier molecular flexibility index (Phi) is 3.89. The first-order valence-corrected chi connectivity index (χ1v) is 6.25. The number of nitrogens with zero attached hydrogens (tertiary/aromatic N) is 1. The molecule has 0 saturated carbocycles. The van der Waals surface area contributed by atoms with E-state index in [9.17, 15) is 9.59 Å². The van der Waals surface area contributed by atoms with Crippen LogP contribution in [-0.4, -0.2) is 24.9 Å². The first-order valence-electron chi connectivity index (χ1n) is 6.25. The summed E-state index contributed by atoms with van der Waals surface area (Å²) in [5, 5.41) is 0. The van der Waals surface area contributed by atoms with E-state index in [1.165, 1.54) is 6.92 Å². The maximum atomic E-state index is 11.7. The number of fused-ring (bicyclic) bond motifs is 1. The Morgan fingerprint density at radius 2 is 2.16 bits per heavy atom. The minimum Gasteiger partial charge on any atom is -0.398 e. The van der Waals surface area contributed by atoms with Gasteiger partial charge in [-0.15, -0.1) is 0 Å². The lowest BCUT2D eigenvalue weighted by Gasteiger charge is -2.31. The fraction of sp³-hybridized carbons (Fsp3) is 0.385. The van der Waals surface area contributed by atoms with E-state index in [-0.39, 0.29) is 18.4 Å². The second-order valence-corrected chi connectivity index (χ2v) is 4.60. The van der Waals surface area contributed by atoms with Gasteiger partial charge in [-0.3, -0.25) is 20.4 Å². The molecule has 2 amide bonds. The van der Waals surface area contributed by atoms with Gasteiger partial charge < -0.3 is 10.6 Å². The smallest absolute Gasteiger partial charge is 0.257 e. The van der Waals surface area contributed by atoms with E-state index in [4.69, 9.17) is 5.73 Å². The van der Waals surface area contributed by atoms with Crippen molar-refractivity contribution in [3.05, 3.63) is 23.8 Å². The van der Waals surface area contributed by atoms with Crippen LogP contribution in [0.3, 0.4) is 0 Å². The van der Waals surface area contributed by atoms with Gasteiger partial charge in [-0.2, -0.15) is 0 Å². The zero-order chi connectivity index (χ0) is 13.8. The molecule has 19 heavy (non-hydrogen) atoms. The molecule has 0 bridgehead atoms. The normalized spacial score (nSPS) is 13.6. The quantitative estimate of drug-likeness (QED) is 0.524. The lowest BCUT2D eigenvalue weighted by Crippen LogP contribution is -2.46. The molecule has 1 aromatic carbocycles. The second-order valence-electron chi connectivity index (χ2n) is 4.60. The van der Waals surface area contributed by atoms with Crippen LogP contribution < -0.4 is 21.5 Å². The summed E-state index contributed by atoms with van der Waals surface area (Å²) in [5.74, 6) is -0.540. The van der Waals surface area contributed by atoms with Crippen LogP contribution in [0.15, 0.2) is 18.2 Å². The molecule has 0 saturated heterocycles. The summed E-state index contributed by atoms with van der Waals surface area (Å²) >= 11 is 0. The van der Waals surface area contributed by atoms with E-state index < -0.39 is 0 Å². The Bertz CT molecular complexity index is 501. The lowest BCUT2D eigenvalue weighted by atomic mass is 10.00. The average Bonchev–Trinajstić information content (AvgIpc) is 2.38. The van der Waals surface area contributed by atoms with Gasteiger partial charge >= 0.3 is 0 Å². The number of hydrogen-bond donors (Lipinski definition) is 3. The molecule has 6 heteroatoms. The fourth-order valence-corrected chi connectivity index (χ4v) is 2.26. The Labute approximate surface area is 111 Å². The molecule has 0 spiro atoms. The van der Waals surface area contributed by atoms with Gasteiger partial charge in [0.25, 0.3) is 5.91 Å². The standard InChI is InChI=1S/C13H18N4O2/c1-9(18)15-16-13(19)8-17-7-3-4-10-11(14)5-2-6-12(10)17/h2,5-6H,3-4,7-8,14H2,1H3,(H,15,18)(H,16,19). The summed E-state index contributed by atoms with van der Waals surface area (Å²) in [6.45, 7) is 2.36. The maximum Gasteiger partial charge on any atom is 0.257 e. The summed E-state index contributed by atoms with van der Waals surface area (Å²) < 4.78 is 0. The minimum atomic E-state index is -0.295. The van der Waals surface area contributed by atoms with E-state index in [1.807, 2.05) is 23.1 Å². The molecular weight excluding hydrogens is 244 g/mol. The second kappa shape index (κ2) is 5.60. The summed E-state index contributed by atoms with van der Waals surface area (Å²) in [6, 6.07) is 5.73. The van der Waals surface area contributed by atoms with Crippen LogP contribution in [0.5, 0.6) is 0 Å². The fourth-order valence-electron chi connectivity index (χ4n) is 2.26. The molecule has 0 aromatic heterocycles. The van der Waals surface area contributed by atoms with Crippen LogP contribution in [0.25, 0.3) is 0 Å². The molecule has 4 N–H and O–H groups in total. The number of rotatable bonds is 2. The third-order valence-corrected chi connectivity index (χ3v) is 3.10. The van der Waals surface area contributed by atoms with Gasteiger partial charge in [0.05, 0.1) is 6.54 Å². The van der Waals surface area contributed by atoms with Crippen molar-refractivity contribution in [2.75, 3.05) is 23.7 Å². The van der Waals surface area contributed by atoms with E-state index in [1.54, 1.807) is 0 Å². The van der Waals surface area contributed by atoms with Crippen molar-refractivity contribution in [3.63, 3.8) is 0 Å². The van der Waals surface area contributed by atoms with Crippen molar-refractivity contribution in [3.8, 4) is 0 Å². The third-order valence-electron chi connectivity index (χ3n) is 3.10. The van der Waals surface area contributed by atoms with Crippen LogP contribution in [0.2, 0.25) is 0 Å². The number of nitrogens with two attached hydrogens (primary N) is 1. The molecule has 2 rings (SSSR count). The largest absolute Gasteiger partial charge is 0.398 e. The molecule has 0 unspecified atom stereocenters. The van der Waals surface area contributed by atoms with Crippen molar-refractivity contribution >= 4 is 23.2 Å². The zero-order valence-corrected chi connectivity index (χ0v) is 10.9. The van der Waals surface area contributed by atoms with E-state index >= 15 is 0 Å². The molecule has 1 aromatic rings. The molecule has 0 radical (unpaired) electrons. The molecular formula is C13H18N4O2. The highest BCUT2D eigenvalue weighted by atomic mass is 16.2. The van der Waals surface area contributed by atoms with Crippen LogP contribution in [0.4, 0.5) is 11.4 Å². The monoisotopic (exact) mass is 262 g/mol. The van der Waals surface area contributed by atoms with Crippen molar-refractivity contribution in [2.24, 2.45) is 0 Å². The molecule has 1 aliphatic heterocycles. The van der Waals surface area contributed by atoms with Crippen molar-refractivity contribution < 1.29 is 9.59 Å². The van der Waals surface area contributed by atoms with Crippen molar-refractivity contribution in [2.45, 2.75) is 19.8 Å². The van der Waals surface area contributed by atoms with Gasteiger partial charge in [-0.05, 0) is 30.5 Å². The van der Waals surface area contributed by atoms with E-state index in [0.717, 1.165) is 36.3 Å². The van der Waals surface area contributed by atoms with E-state index in [0.29, 0.717) is 0 Å². The Morgan fingerprint density at radius 3 is 2.89 bits per heavy atom. The maximum absolute atomic E-state index is 11.7. The Balaban J connectivity index is 2.05. The predicted molar refractivity (Wildman–Crippen MR) is 73.3 cm³/mol. The molecule has 0 aliphatic carbocycles. The zero-order valence-electron chi connectivity index (χ0n) is 10.9. The third kappa shape index (κ3) is 3.15. The van der Waals surface area contributed by atoms with Gasteiger partial charge in [0.2, 0.25) is 5.91 Å². The molecule has 0 atom stereocenters. The van der Waals surface area contributed by atoms with Crippen molar-refractivity contribution in [1.82, 2.24) is 10.9 Å². The molecule has 1 heterocycles. The molecule has 0 fully saturated rings. The van der Waals surface area contributed by atoms with Crippen LogP contribution in [-0.2, 0) is 16.0 Å². The number of carbonyl (C=O) groups is 2. The summed E-state index contributed by atoms with van der Waals surface area (Å²) in [5.41, 5.74) is 13.5. The molecule has 102 valence electrons. The van der Waals surface area contributed by atoms with Gasteiger partial charge in [-0.1, -0.05) is 6.07 Å². The predicted octanol–water partition coefficient (Wildman–Crippen LogP) is 0.189. The number of nitrogens with one attached hydrogen (secondary N) is 2. The number of amides is 2. The summed E-state index contributed by atoms with van der Waals surface area (Å²) in [7, 11) is 0. The highest BCUT2D eigenvalue weighted by Crippen LogP contribution is 2.30. The van der Waals surface area contributed by atoms with Crippen LogP contribution >= 0.6 is 0 Å². The Hall–Kier alpha value is -2.24. The summed E-state index contributed by atoms with van der Waals surface area (Å²) in [4.78, 5) is 24.4. The minimum absolute atomic E-state index is 0.205. The number of anilines is 2. The number of nitrogen functional groups attached to an aromatic ring is 1. The molecule has 1 aliphatic rings. The topological polar surface area (TPSA) is 87.5 Å². The number of hydrogen-bond acceptors (Lipinski definition) is 4. The van der Waals surface area contributed by atoms with Gasteiger partial charge in [0, 0.05) is 24.8 Å². The van der Waals surface area contributed by atoms with Crippen LogP contribution in [0.1, 0.15) is 18.9 Å². The summed E-state index contributed by atoms with van der Waals surface area (Å²) in [6.07, 6.45) is 1.90. The highest BCUT2D eigenvalue weighted by molar-refractivity contribution is 5.85. The number of benzene rings is 1. The average molecular weight is 262 g/mol. The van der Waals surface area contributed by atoms with Crippen LogP contribution in [0, 0.1) is 0 Å². The van der Waals surface area contributed by atoms with Gasteiger partial charge in [0.15, 0.2) is 0 Å². The van der Waals surface area contributed by atoms with Gasteiger partial charge in [0.1, 0.15) is 0 Å². The highest BCUT2D eigenvalue weighted by Gasteiger charge is 2.20. The molecule has 6 nitrogen and oxygen atoms in total. The first kappa shape index (κ1) is 13.2. The Morgan fingerprint density at radius 1 is 1.37 bits per heavy atom. The number of carbonyl (C=O) groups excluding carboxylic acids is 2.